The van der Waals surface area contributed by atoms with Crippen molar-refractivity contribution in [1.29, 1.82) is 0 Å². The Bertz CT molecular complexity index is 100. The summed E-state index contributed by atoms with van der Waals surface area (Å²) >= 11 is 0. The summed E-state index contributed by atoms with van der Waals surface area (Å²) in [7, 11) is 2.09. The zero-order valence-corrected chi connectivity index (χ0v) is 9.42. The molecule has 0 bridgehead atoms. The van der Waals surface area contributed by atoms with Crippen LogP contribution in [0.3, 0.4) is 0 Å². The fraction of sp³-hybridized carbons (Fsp3) is 1.00. The highest BCUT2D eigenvalue weighted by molar-refractivity contribution is 4.62. The number of aliphatic hydroxyl groups excluding tert-OH is 1. The molecule has 0 aliphatic heterocycles. The van der Waals surface area contributed by atoms with Crippen molar-refractivity contribution in [1.82, 2.24) is 4.90 Å². The fourth-order valence-electron chi connectivity index (χ4n) is 1.85. The first-order chi connectivity index (χ1) is 6.24. The molecule has 0 atom stereocenters. The lowest BCUT2D eigenvalue weighted by molar-refractivity contribution is 0.194. The summed E-state index contributed by atoms with van der Waals surface area (Å²) in [6.45, 7) is 6.72. The summed E-state index contributed by atoms with van der Waals surface area (Å²) < 4.78 is 0. The third kappa shape index (κ3) is 7.03. The highest BCUT2D eigenvalue weighted by atomic mass is 16.3. The molecule has 0 aromatic carbocycles. The Hall–Kier alpha value is -0.0800. The molecular formula is C11H25NO. The average Bonchev–Trinajstić information content (AvgIpc) is 2.05. The molecule has 0 aliphatic rings. The van der Waals surface area contributed by atoms with Gasteiger partial charge in [-0.25, -0.2) is 0 Å². The van der Waals surface area contributed by atoms with Crippen LogP contribution in [0, 0.1) is 5.92 Å². The Labute approximate surface area is 82.9 Å². The van der Waals surface area contributed by atoms with Gasteiger partial charge in [0.15, 0.2) is 0 Å². The number of hydrogen-bond acceptors (Lipinski definition) is 2. The van der Waals surface area contributed by atoms with E-state index < -0.39 is 0 Å². The zero-order chi connectivity index (χ0) is 10.1. The zero-order valence-electron chi connectivity index (χ0n) is 9.42. The quantitative estimate of drug-likeness (QED) is 0.629. The number of likely N-dealkylation sites (N-methyl/N-ethyl adjacent to an activating group) is 1. The normalized spacial score (nSPS) is 11.5. The standard InChI is InChI=1S/C11H25NO/c1-4-6-11(7-5-2)10-12(3)8-9-13/h11,13H,4-10H2,1-3H3. The Kier molecular flexibility index (Phi) is 8.46. The van der Waals surface area contributed by atoms with Gasteiger partial charge in [-0.3, -0.25) is 0 Å². The SMILES string of the molecule is CCCC(CCC)CN(C)CCO. The number of aliphatic hydroxyl groups is 1. The van der Waals surface area contributed by atoms with E-state index in [9.17, 15) is 0 Å². The number of hydrogen-bond donors (Lipinski definition) is 1. The van der Waals surface area contributed by atoms with E-state index in [1.807, 2.05) is 0 Å². The molecule has 0 heterocycles. The van der Waals surface area contributed by atoms with Crippen molar-refractivity contribution in [3.05, 3.63) is 0 Å². The smallest absolute Gasteiger partial charge is 0.0558 e. The fourth-order valence-corrected chi connectivity index (χ4v) is 1.85. The lowest BCUT2D eigenvalue weighted by Crippen LogP contribution is -2.28. The third-order valence-corrected chi connectivity index (χ3v) is 2.45. The van der Waals surface area contributed by atoms with Gasteiger partial charge >= 0.3 is 0 Å². The molecule has 0 saturated heterocycles. The lowest BCUT2D eigenvalue weighted by Gasteiger charge is -2.22. The molecule has 0 fully saturated rings. The van der Waals surface area contributed by atoms with E-state index in [1.165, 1.54) is 25.7 Å². The van der Waals surface area contributed by atoms with Crippen LogP contribution in [-0.4, -0.2) is 36.8 Å². The van der Waals surface area contributed by atoms with Gasteiger partial charge in [0.05, 0.1) is 6.61 Å². The minimum atomic E-state index is 0.279. The van der Waals surface area contributed by atoms with Gasteiger partial charge in [0, 0.05) is 13.1 Å². The second kappa shape index (κ2) is 8.52. The molecule has 0 aliphatic carbocycles. The van der Waals surface area contributed by atoms with Crippen LogP contribution < -0.4 is 0 Å². The molecule has 0 amide bonds. The molecule has 0 unspecified atom stereocenters. The molecule has 2 heteroatoms. The van der Waals surface area contributed by atoms with E-state index in [4.69, 9.17) is 5.11 Å². The second-order valence-corrected chi connectivity index (χ2v) is 3.93. The summed E-state index contributed by atoms with van der Waals surface area (Å²) in [4.78, 5) is 2.23. The molecule has 0 spiro atoms. The maximum atomic E-state index is 8.77. The molecule has 13 heavy (non-hydrogen) atoms. The first-order valence-electron chi connectivity index (χ1n) is 5.53. The third-order valence-electron chi connectivity index (χ3n) is 2.45. The van der Waals surface area contributed by atoms with Gasteiger partial charge in [0.1, 0.15) is 0 Å². The topological polar surface area (TPSA) is 23.5 Å². The van der Waals surface area contributed by atoms with Crippen molar-refractivity contribution in [2.75, 3.05) is 26.7 Å². The summed E-state index contributed by atoms with van der Waals surface area (Å²) in [5, 5.41) is 8.77. The highest BCUT2D eigenvalue weighted by Crippen LogP contribution is 2.14. The van der Waals surface area contributed by atoms with Gasteiger partial charge in [-0.2, -0.15) is 0 Å². The van der Waals surface area contributed by atoms with E-state index in [2.05, 4.69) is 25.8 Å². The van der Waals surface area contributed by atoms with Crippen molar-refractivity contribution < 1.29 is 5.11 Å². The molecule has 0 radical (unpaired) electrons. The Balaban J connectivity index is 3.64. The summed E-state index contributed by atoms with van der Waals surface area (Å²) in [6.07, 6.45) is 5.20. The van der Waals surface area contributed by atoms with Gasteiger partial charge in [-0.05, 0) is 25.8 Å². The van der Waals surface area contributed by atoms with Crippen molar-refractivity contribution >= 4 is 0 Å². The molecule has 1 N–H and O–H groups in total. The van der Waals surface area contributed by atoms with Crippen LogP contribution in [-0.2, 0) is 0 Å². The molecule has 0 rings (SSSR count). The van der Waals surface area contributed by atoms with Crippen molar-refractivity contribution in [3.63, 3.8) is 0 Å². The van der Waals surface area contributed by atoms with Gasteiger partial charge < -0.3 is 10.0 Å². The Morgan fingerprint density at radius 3 is 2.08 bits per heavy atom. The minimum Gasteiger partial charge on any atom is -0.395 e. The molecule has 0 aromatic heterocycles. The van der Waals surface area contributed by atoms with Crippen LogP contribution in [0.1, 0.15) is 39.5 Å². The average molecular weight is 187 g/mol. The van der Waals surface area contributed by atoms with E-state index >= 15 is 0 Å². The second-order valence-electron chi connectivity index (χ2n) is 3.93. The summed E-state index contributed by atoms with van der Waals surface area (Å²) in [5.41, 5.74) is 0. The van der Waals surface area contributed by atoms with E-state index in [0.717, 1.165) is 19.0 Å². The van der Waals surface area contributed by atoms with Gasteiger partial charge in [-0.15, -0.1) is 0 Å². The maximum absolute atomic E-state index is 8.77. The number of nitrogens with zero attached hydrogens (tertiary/aromatic N) is 1. The van der Waals surface area contributed by atoms with Crippen LogP contribution in [0.5, 0.6) is 0 Å². The van der Waals surface area contributed by atoms with Crippen molar-refractivity contribution in [3.8, 4) is 0 Å². The molecule has 80 valence electrons. The van der Waals surface area contributed by atoms with E-state index in [1.54, 1.807) is 0 Å². The van der Waals surface area contributed by atoms with Crippen molar-refractivity contribution in [2.45, 2.75) is 39.5 Å². The lowest BCUT2D eigenvalue weighted by atomic mass is 9.98. The van der Waals surface area contributed by atoms with Gasteiger partial charge in [-0.1, -0.05) is 26.7 Å². The van der Waals surface area contributed by atoms with Crippen LogP contribution in [0.15, 0.2) is 0 Å². The van der Waals surface area contributed by atoms with Gasteiger partial charge in [0.2, 0.25) is 0 Å². The summed E-state index contributed by atoms with van der Waals surface area (Å²) in [5.74, 6) is 0.826. The predicted molar refractivity (Wildman–Crippen MR) is 57.9 cm³/mol. The summed E-state index contributed by atoms with van der Waals surface area (Å²) in [6, 6.07) is 0. The molecular weight excluding hydrogens is 162 g/mol. The Morgan fingerprint density at radius 2 is 1.69 bits per heavy atom. The van der Waals surface area contributed by atoms with Crippen LogP contribution in [0.4, 0.5) is 0 Å². The largest absolute Gasteiger partial charge is 0.395 e. The van der Waals surface area contributed by atoms with E-state index in [0.29, 0.717) is 0 Å². The molecule has 0 saturated carbocycles. The first-order valence-corrected chi connectivity index (χ1v) is 5.53. The number of rotatable bonds is 8. The Morgan fingerprint density at radius 1 is 1.15 bits per heavy atom. The first kappa shape index (κ1) is 12.9. The minimum absolute atomic E-state index is 0.279. The predicted octanol–water partition coefficient (Wildman–Crippen LogP) is 2.13. The molecule has 0 aromatic rings. The van der Waals surface area contributed by atoms with Crippen LogP contribution >= 0.6 is 0 Å². The van der Waals surface area contributed by atoms with Crippen LogP contribution in [0.2, 0.25) is 0 Å². The monoisotopic (exact) mass is 187 g/mol. The van der Waals surface area contributed by atoms with E-state index in [-0.39, 0.29) is 6.61 Å². The maximum Gasteiger partial charge on any atom is 0.0558 e. The highest BCUT2D eigenvalue weighted by Gasteiger charge is 2.09. The van der Waals surface area contributed by atoms with Gasteiger partial charge in [0.25, 0.3) is 0 Å². The van der Waals surface area contributed by atoms with Crippen LogP contribution in [0.25, 0.3) is 0 Å². The molecule has 2 nitrogen and oxygen atoms in total. The van der Waals surface area contributed by atoms with Crippen molar-refractivity contribution in [2.24, 2.45) is 5.92 Å².